The average molecular weight is 422 g/mol. The third-order valence-corrected chi connectivity index (χ3v) is 5.45. The molecule has 1 saturated heterocycles. The van der Waals surface area contributed by atoms with Crippen molar-refractivity contribution < 1.29 is 18.7 Å². The molecule has 7 nitrogen and oxygen atoms in total. The number of halogens is 1. The SMILES string of the molecule is Cc1c(NC(=O)c2cnn(-c3ccccc3F)c2C)cccc1C(=O)N1CCOCC1. The van der Waals surface area contributed by atoms with Crippen LogP contribution in [0.25, 0.3) is 5.69 Å². The number of rotatable bonds is 4. The Kier molecular flexibility index (Phi) is 5.81. The number of carbonyl (C=O) groups is 2. The zero-order valence-corrected chi connectivity index (χ0v) is 17.4. The van der Waals surface area contributed by atoms with E-state index in [9.17, 15) is 14.0 Å². The molecule has 8 heteroatoms. The number of benzene rings is 2. The Morgan fingerprint density at radius 3 is 2.52 bits per heavy atom. The lowest BCUT2D eigenvalue weighted by Gasteiger charge is -2.27. The van der Waals surface area contributed by atoms with Gasteiger partial charge in [-0.15, -0.1) is 0 Å². The van der Waals surface area contributed by atoms with Crippen LogP contribution in [0, 0.1) is 19.7 Å². The Bertz CT molecular complexity index is 1140. The predicted octanol–water partition coefficient (Wildman–Crippen LogP) is 3.35. The van der Waals surface area contributed by atoms with Crippen LogP contribution in [-0.2, 0) is 4.74 Å². The second-order valence-corrected chi connectivity index (χ2v) is 7.34. The molecule has 0 bridgehead atoms. The van der Waals surface area contributed by atoms with Gasteiger partial charge >= 0.3 is 0 Å². The molecule has 3 aromatic rings. The summed E-state index contributed by atoms with van der Waals surface area (Å²) >= 11 is 0. The molecule has 1 aliphatic heterocycles. The first-order valence-corrected chi connectivity index (χ1v) is 10.0. The summed E-state index contributed by atoms with van der Waals surface area (Å²) in [5, 5.41) is 7.05. The maximum absolute atomic E-state index is 14.1. The fourth-order valence-electron chi connectivity index (χ4n) is 3.63. The number of nitrogens with one attached hydrogen (secondary N) is 1. The van der Waals surface area contributed by atoms with Crippen LogP contribution in [-0.4, -0.2) is 52.8 Å². The standard InChI is InChI=1S/C23H23FN4O3/c1-15-17(23(30)27-10-12-31-13-11-27)6-5-8-20(15)26-22(29)18-14-25-28(16(18)2)21-9-4-3-7-19(21)24/h3-9,14H,10-13H2,1-2H3,(H,26,29). The van der Waals surface area contributed by atoms with Crippen molar-refractivity contribution in [2.75, 3.05) is 31.6 Å². The lowest BCUT2D eigenvalue weighted by molar-refractivity contribution is 0.0302. The van der Waals surface area contributed by atoms with Gasteiger partial charge in [-0.25, -0.2) is 9.07 Å². The van der Waals surface area contributed by atoms with Crippen molar-refractivity contribution in [2.24, 2.45) is 0 Å². The number of aromatic nitrogens is 2. The molecule has 160 valence electrons. The molecular formula is C23H23FN4O3. The van der Waals surface area contributed by atoms with E-state index in [1.165, 1.54) is 16.9 Å². The monoisotopic (exact) mass is 422 g/mol. The summed E-state index contributed by atoms with van der Waals surface area (Å²) in [4.78, 5) is 27.6. The molecule has 0 radical (unpaired) electrons. The smallest absolute Gasteiger partial charge is 0.259 e. The highest BCUT2D eigenvalue weighted by atomic mass is 19.1. The molecule has 4 rings (SSSR count). The maximum atomic E-state index is 14.1. The molecule has 0 aliphatic carbocycles. The summed E-state index contributed by atoms with van der Waals surface area (Å²) in [6.45, 7) is 5.64. The average Bonchev–Trinajstić information content (AvgIpc) is 3.17. The molecule has 2 heterocycles. The van der Waals surface area contributed by atoms with Gasteiger partial charge in [-0.3, -0.25) is 9.59 Å². The molecule has 0 spiro atoms. The molecule has 31 heavy (non-hydrogen) atoms. The van der Waals surface area contributed by atoms with Crippen molar-refractivity contribution >= 4 is 17.5 Å². The van der Waals surface area contributed by atoms with Gasteiger partial charge in [-0.2, -0.15) is 5.10 Å². The van der Waals surface area contributed by atoms with Crippen molar-refractivity contribution in [3.05, 3.63) is 76.9 Å². The topological polar surface area (TPSA) is 76.5 Å². The summed E-state index contributed by atoms with van der Waals surface area (Å²) in [5.41, 5.74) is 2.88. The number of nitrogens with zero attached hydrogens (tertiary/aromatic N) is 3. The van der Waals surface area contributed by atoms with Gasteiger partial charge in [0.1, 0.15) is 11.5 Å². The van der Waals surface area contributed by atoms with E-state index in [2.05, 4.69) is 10.4 Å². The van der Waals surface area contributed by atoms with Crippen LogP contribution in [0.3, 0.4) is 0 Å². The van der Waals surface area contributed by atoms with Crippen molar-refractivity contribution in [3.8, 4) is 5.69 Å². The van der Waals surface area contributed by atoms with Crippen LogP contribution >= 0.6 is 0 Å². The van der Waals surface area contributed by atoms with Crippen LogP contribution in [0.5, 0.6) is 0 Å². The Morgan fingerprint density at radius 1 is 1.03 bits per heavy atom. The number of para-hydroxylation sites is 1. The van der Waals surface area contributed by atoms with Crippen molar-refractivity contribution in [1.29, 1.82) is 0 Å². The van der Waals surface area contributed by atoms with Gasteiger partial charge in [0, 0.05) is 24.3 Å². The summed E-state index contributed by atoms with van der Waals surface area (Å²) < 4.78 is 20.8. The molecule has 2 aromatic carbocycles. The molecule has 0 unspecified atom stereocenters. The van der Waals surface area contributed by atoms with Crippen LogP contribution in [0.15, 0.2) is 48.7 Å². The van der Waals surface area contributed by atoms with E-state index < -0.39 is 5.82 Å². The minimum absolute atomic E-state index is 0.0829. The molecule has 0 saturated carbocycles. The number of morpholine rings is 1. The quantitative estimate of drug-likeness (QED) is 0.700. The van der Waals surface area contributed by atoms with Crippen LogP contribution in [0.2, 0.25) is 0 Å². The third-order valence-electron chi connectivity index (χ3n) is 5.45. The lowest BCUT2D eigenvalue weighted by Crippen LogP contribution is -2.41. The number of ether oxygens (including phenoxy) is 1. The van der Waals surface area contributed by atoms with Crippen LogP contribution in [0.1, 0.15) is 32.0 Å². The van der Waals surface area contributed by atoms with E-state index in [0.717, 1.165) is 0 Å². The first-order chi connectivity index (χ1) is 15.0. The van der Waals surface area contributed by atoms with E-state index in [1.807, 2.05) is 0 Å². The van der Waals surface area contributed by atoms with Crippen LogP contribution < -0.4 is 5.32 Å². The second kappa shape index (κ2) is 8.69. The molecular weight excluding hydrogens is 399 g/mol. The first-order valence-electron chi connectivity index (χ1n) is 10.0. The van der Waals surface area contributed by atoms with Crippen molar-refractivity contribution in [3.63, 3.8) is 0 Å². The highest BCUT2D eigenvalue weighted by molar-refractivity contribution is 6.06. The number of hydrogen-bond donors (Lipinski definition) is 1. The van der Waals surface area contributed by atoms with E-state index in [-0.39, 0.29) is 17.5 Å². The van der Waals surface area contributed by atoms with E-state index in [4.69, 9.17) is 4.74 Å². The fourth-order valence-corrected chi connectivity index (χ4v) is 3.63. The number of hydrogen-bond acceptors (Lipinski definition) is 4. The molecule has 1 fully saturated rings. The first kappa shape index (κ1) is 20.7. The van der Waals surface area contributed by atoms with E-state index >= 15 is 0 Å². The minimum atomic E-state index is -0.425. The molecule has 2 amide bonds. The highest BCUT2D eigenvalue weighted by Gasteiger charge is 2.22. The molecule has 1 aliphatic rings. The van der Waals surface area contributed by atoms with E-state index in [0.29, 0.717) is 54.4 Å². The van der Waals surface area contributed by atoms with Crippen molar-refractivity contribution in [1.82, 2.24) is 14.7 Å². The van der Waals surface area contributed by atoms with Gasteiger partial charge in [0.25, 0.3) is 11.8 Å². The highest BCUT2D eigenvalue weighted by Crippen LogP contribution is 2.23. The summed E-state index contributed by atoms with van der Waals surface area (Å²) in [7, 11) is 0. The summed E-state index contributed by atoms with van der Waals surface area (Å²) in [6, 6.07) is 11.5. The molecule has 0 atom stereocenters. The Labute approximate surface area is 179 Å². The largest absolute Gasteiger partial charge is 0.378 e. The zero-order valence-electron chi connectivity index (χ0n) is 17.4. The second-order valence-electron chi connectivity index (χ2n) is 7.34. The predicted molar refractivity (Wildman–Crippen MR) is 114 cm³/mol. The van der Waals surface area contributed by atoms with Gasteiger partial charge < -0.3 is 15.0 Å². The number of anilines is 1. The van der Waals surface area contributed by atoms with Gasteiger partial charge in [0.15, 0.2) is 0 Å². The Balaban J connectivity index is 1.57. The Morgan fingerprint density at radius 2 is 1.77 bits per heavy atom. The van der Waals surface area contributed by atoms with Gasteiger partial charge in [-0.05, 0) is 43.7 Å². The molecule has 1 aromatic heterocycles. The maximum Gasteiger partial charge on any atom is 0.259 e. The van der Waals surface area contributed by atoms with Gasteiger partial charge in [-0.1, -0.05) is 18.2 Å². The van der Waals surface area contributed by atoms with Crippen LogP contribution in [0.4, 0.5) is 10.1 Å². The Hall–Kier alpha value is -3.52. The van der Waals surface area contributed by atoms with E-state index in [1.54, 1.807) is 55.1 Å². The summed E-state index contributed by atoms with van der Waals surface area (Å²) in [6.07, 6.45) is 1.41. The minimum Gasteiger partial charge on any atom is -0.378 e. The normalized spacial score (nSPS) is 13.8. The number of carbonyl (C=O) groups excluding carboxylic acids is 2. The third kappa shape index (κ3) is 4.06. The lowest BCUT2D eigenvalue weighted by atomic mass is 10.0. The summed E-state index contributed by atoms with van der Waals surface area (Å²) in [5.74, 6) is -0.884. The van der Waals surface area contributed by atoms with Crippen molar-refractivity contribution in [2.45, 2.75) is 13.8 Å². The zero-order chi connectivity index (χ0) is 22.0. The molecule has 1 N–H and O–H groups in total. The van der Waals surface area contributed by atoms with Gasteiger partial charge in [0.2, 0.25) is 0 Å². The fraction of sp³-hybridized carbons (Fsp3) is 0.261. The number of amides is 2. The van der Waals surface area contributed by atoms with Gasteiger partial charge in [0.05, 0.1) is 30.7 Å².